The molecule has 2 heterocycles. The molecule has 1 aliphatic heterocycles. The fourth-order valence-corrected chi connectivity index (χ4v) is 2.56. The first kappa shape index (κ1) is 8.98. The summed E-state index contributed by atoms with van der Waals surface area (Å²) in [4.78, 5) is 3.29. The van der Waals surface area contributed by atoms with Crippen molar-refractivity contribution in [2.45, 2.75) is 25.8 Å². The van der Waals surface area contributed by atoms with E-state index in [1.165, 1.54) is 34.9 Å². The summed E-state index contributed by atoms with van der Waals surface area (Å²) in [5, 5.41) is 4.88. The van der Waals surface area contributed by atoms with Gasteiger partial charge in [-0.1, -0.05) is 6.07 Å². The number of H-pyrrole nitrogens is 1. The molecule has 1 aromatic carbocycles. The normalized spacial score (nSPS) is 21.3. The summed E-state index contributed by atoms with van der Waals surface area (Å²) in [5.41, 5.74) is 4.06. The Kier molecular flexibility index (Phi) is 2.03. The lowest BCUT2D eigenvalue weighted by molar-refractivity contribution is 0.648. The molecule has 1 atom stereocenters. The highest BCUT2D eigenvalue weighted by Crippen LogP contribution is 2.27. The summed E-state index contributed by atoms with van der Waals surface area (Å²) in [5.74, 6) is 0. The van der Waals surface area contributed by atoms with Gasteiger partial charge in [0.2, 0.25) is 0 Å². The van der Waals surface area contributed by atoms with Crippen molar-refractivity contribution in [2.75, 3.05) is 6.54 Å². The SMILES string of the molecule is Cc1cc(C2CCCN2)cc2cc[nH]c12. The monoisotopic (exact) mass is 200 g/mol. The van der Waals surface area contributed by atoms with Crippen LogP contribution in [0.25, 0.3) is 10.9 Å². The first-order chi connectivity index (χ1) is 7.34. The van der Waals surface area contributed by atoms with E-state index in [-0.39, 0.29) is 0 Å². The molecule has 0 bridgehead atoms. The first-order valence-electron chi connectivity index (χ1n) is 5.65. The van der Waals surface area contributed by atoms with Gasteiger partial charge in [-0.3, -0.25) is 0 Å². The van der Waals surface area contributed by atoms with Gasteiger partial charge in [-0.2, -0.15) is 0 Å². The molecule has 2 aromatic rings. The fourth-order valence-electron chi connectivity index (χ4n) is 2.56. The zero-order valence-corrected chi connectivity index (χ0v) is 9.01. The van der Waals surface area contributed by atoms with Gasteiger partial charge in [0.25, 0.3) is 0 Å². The van der Waals surface area contributed by atoms with Crippen molar-refractivity contribution < 1.29 is 0 Å². The van der Waals surface area contributed by atoms with E-state index >= 15 is 0 Å². The van der Waals surface area contributed by atoms with Crippen molar-refractivity contribution in [2.24, 2.45) is 0 Å². The molecule has 1 unspecified atom stereocenters. The van der Waals surface area contributed by atoms with Gasteiger partial charge in [-0.25, -0.2) is 0 Å². The van der Waals surface area contributed by atoms with Gasteiger partial charge in [0.1, 0.15) is 0 Å². The first-order valence-corrected chi connectivity index (χ1v) is 5.65. The van der Waals surface area contributed by atoms with Crippen molar-refractivity contribution in [3.8, 4) is 0 Å². The maximum Gasteiger partial charge on any atom is 0.0483 e. The molecule has 15 heavy (non-hydrogen) atoms. The van der Waals surface area contributed by atoms with Crippen LogP contribution in [0, 0.1) is 6.92 Å². The molecule has 0 radical (unpaired) electrons. The van der Waals surface area contributed by atoms with Gasteiger partial charge in [-0.15, -0.1) is 0 Å². The third-order valence-corrected chi connectivity index (χ3v) is 3.34. The number of aryl methyl sites for hydroxylation is 1. The molecule has 0 aliphatic carbocycles. The van der Waals surface area contributed by atoms with E-state index in [9.17, 15) is 0 Å². The summed E-state index contributed by atoms with van der Waals surface area (Å²) < 4.78 is 0. The van der Waals surface area contributed by atoms with Crippen LogP contribution in [0.3, 0.4) is 0 Å². The largest absolute Gasteiger partial charge is 0.361 e. The molecule has 2 heteroatoms. The molecule has 3 rings (SSSR count). The van der Waals surface area contributed by atoms with Crippen molar-refractivity contribution >= 4 is 10.9 Å². The molecule has 1 fully saturated rings. The summed E-state index contributed by atoms with van der Waals surface area (Å²) in [6.45, 7) is 3.34. The van der Waals surface area contributed by atoms with Gasteiger partial charge in [0.15, 0.2) is 0 Å². The second kappa shape index (κ2) is 3.38. The van der Waals surface area contributed by atoms with Crippen LogP contribution in [-0.4, -0.2) is 11.5 Å². The summed E-state index contributed by atoms with van der Waals surface area (Å²) in [6.07, 6.45) is 4.59. The molecule has 2 N–H and O–H groups in total. The van der Waals surface area contributed by atoms with Crippen LogP contribution in [0.1, 0.15) is 30.0 Å². The average molecular weight is 200 g/mol. The molecule has 0 spiro atoms. The minimum atomic E-state index is 0.572. The zero-order valence-electron chi connectivity index (χ0n) is 9.01. The van der Waals surface area contributed by atoms with Gasteiger partial charge < -0.3 is 10.3 Å². The van der Waals surface area contributed by atoms with Crippen LogP contribution >= 0.6 is 0 Å². The number of nitrogens with one attached hydrogen (secondary N) is 2. The number of aromatic nitrogens is 1. The van der Waals surface area contributed by atoms with Crippen molar-refractivity contribution in [1.82, 2.24) is 10.3 Å². The van der Waals surface area contributed by atoms with Crippen LogP contribution in [-0.2, 0) is 0 Å². The van der Waals surface area contributed by atoms with E-state index in [0.717, 1.165) is 6.54 Å². The highest BCUT2D eigenvalue weighted by Gasteiger charge is 2.16. The number of aromatic amines is 1. The number of rotatable bonds is 1. The molecule has 1 aromatic heterocycles. The standard InChI is InChI=1S/C13H16N2/c1-9-7-11(12-3-2-5-14-12)8-10-4-6-15-13(9)10/h4,6-8,12,14-15H,2-3,5H2,1H3. The van der Waals surface area contributed by atoms with Crippen LogP contribution in [0.5, 0.6) is 0 Å². The Bertz CT molecular complexity index is 478. The Morgan fingerprint density at radius 2 is 2.27 bits per heavy atom. The van der Waals surface area contributed by atoms with Crippen molar-refractivity contribution in [3.05, 3.63) is 35.5 Å². The average Bonchev–Trinajstić information content (AvgIpc) is 2.88. The number of hydrogen-bond donors (Lipinski definition) is 2. The fraction of sp³-hybridized carbons (Fsp3) is 0.385. The third kappa shape index (κ3) is 1.45. The van der Waals surface area contributed by atoms with Crippen LogP contribution in [0.4, 0.5) is 0 Å². The lowest BCUT2D eigenvalue weighted by atomic mass is 10.0. The molecule has 78 valence electrons. The Morgan fingerprint density at radius 3 is 3.07 bits per heavy atom. The van der Waals surface area contributed by atoms with E-state index in [4.69, 9.17) is 0 Å². The Labute approximate surface area is 89.7 Å². The molecule has 1 aliphatic rings. The number of fused-ring (bicyclic) bond motifs is 1. The Hall–Kier alpha value is -1.28. The van der Waals surface area contributed by atoms with E-state index < -0.39 is 0 Å². The van der Waals surface area contributed by atoms with Crippen LogP contribution < -0.4 is 5.32 Å². The second-order valence-corrected chi connectivity index (χ2v) is 4.43. The van der Waals surface area contributed by atoms with Crippen molar-refractivity contribution in [3.63, 3.8) is 0 Å². The lowest BCUT2D eigenvalue weighted by Gasteiger charge is -2.12. The molecule has 1 saturated heterocycles. The molecule has 0 amide bonds. The van der Waals surface area contributed by atoms with E-state index in [0.29, 0.717) is 6.04 Å². The summed E-state index contributed by atoms with van der Waals surface area (Å²) in [6, 6.07) is 7.34. The quantitative estimate of drug-likeness (QED) is 0.727. The molecule has 0 saturated carbocycles. The highest BCUT2D eigenvalue weighted by atomic mass is 14.9. The number of hydrogen-bond acceptors (Lipinski definition) is 1. The van der Waals surface area contributed by atoms with E-state index in [2.05, 4.69) is 35.4 Å². The maximum absolute atomic E-state index is 3.55. The maximum atomic E-state index is 3.55. The predicted molar refractivity (Wildman–Crippen MR) is 63.0 cm³/mol. The Balaban J connectivity index is 2.11. The predicted octanol–water partition coefficient (Wildman–Crippen LogP) is 2.90. The molecule has 2 nitrogen and oxygen atoms in total. The lowest BCUT2D eigenvalue weighted by Crippen LogP contribution is -2.12. The smallest absolute Gasteiger partial charge is 0.0483 e. The summed E-state index contributed by atoms with van der Waals surface area (Å²) >= 11 is 0. The van der Waals surface area contributed by atoms with Crippen LogP contribution in [0.15, 0.2) is 24.4 Å². The highest BCUT2D eigenvalue weighted by molar-refractivity contribution is 5.83. The van der Waals surface area contributed by atoms with Crippen molar-refractivity contribution in [1.29, 1.82) is 0 Å². The minimum absolute atomic E-state index is 0.572. The third-order valence-electron chi connectivity index (χ3n) is 3.34. The van der Waals surface area contributed by atoms with Crippen LogP contribution in [0.2, 0.25) is 0 Å². The second-order valence-electron chi connectivity index (χ2n) is 4.43. The summed E-state index contributed by atoms with van der Waals surface area (Å²) in [7, 11) is 0. The van der Waals surface area contributed by atoms with Gasteiger partial charge in [0, 0.05) is 17.8 Å². The topological polar surface area (TPSA) is 27.8 Å². The molecular formula is C13H16N2. The Morgan fingerprint density at radius 1 is 1.33 bits per heavy atom. The number of benzene rings is 1. The van der Waals surface area contributed by atoms with Gasteiger partial charge in [0.05, 0.1) is 0 Å². The minimum Gasteiger partial charge on any atom is -0.361 e. The van der Waals surface area contributed by atoms with Gasteiger partial charge in [-0.05, 0) is 55.0 Å². The van der Waals surface area contributed by atoms with E-state index in [1.54, 1.807) is 0 Å². The van der Waals surface area contributed by atoms with Gasteiger partial charge >= 0.3 is 0 Å². The zero-order chi connectivity index (χ0) is 10.3. The molecular weight excluding hydrogens is 184 g/mol. The van der Waals surface area contributed by atoms with E-state index in [1.807, 2.05) is 6.20 Å².